The van der Waals surface area contributed by atoms with Gasteiger partial charge in [0.25, 0.3) is 0 Å². The number of hydrazine groups is 1. The maximum absolute atomic E-state index is 6.39. The van der Waals surface area contributed by atoms with E-state index in [1.807, 2.05) is 7.11 Å². The summed E-state index contributed by atoms with van der Waals surface area (Å²) in [5.41, 5.74) is 8.82. The number of nitrogens with one attached hydrogen (secondary N) is 1. The van der Waals surface area contributed by atoms with E-state index in [1.54, 1.807) is 7.11 Å². The zero-order chi connectivity index (χ0) is 29.6. The first kappa shape index (κ1) is 30.6. The Bertz CT molecular complexity index is 1160. The summed E-state index contributed by atoms with van der Waals surface area (Å²) >= 11 is 0. The summed E-state index contributed by atoms with van der Waals surface area (Å²) in [6.45, 7) is 11.9. The van der Waals surface area contributed by atoms with E-state index in [0.717, 1.165) is 119 Å². The number of hydrogen-bond acceptors (Lipinski definition) is 9. The molecule has 1 saturated carbocycles. The zero-order valence-corrected chi connectivity index (χ0v) is 26.3. The third-order valence-corrected chi connectivity index (χ3v) is 9.54. The molecule has 0 amide bonds. The summed E-state index contributed by atoms with van der Waals surface area (Å²) in [5, 5.41) is 2.21. The third kappa shape index (κ3) is 6.97. The molecule has 4 aliphatic heterocycles. The van der Waals surface area contributed by atoms with E-state index in [0.29, 0.717) is 12.5 Å². The minimum atomic E-state index is -0.623. The van der Waals surface area contributed by atoms with Crippen LogP contribution < -0.4 is 5.43 Å². The molecule has 0 spiro atoms. The molecule has 1 N–H and O–H groups in total. The molecule has 0 aromatic heterocycles. The topological polar surface area (TPSA) is 67.9 Å². The van der Waals surface area contributed by atoms with Gasteiger partial charge in [0, 0.05) is 58.6 Å². The molecule has 0 radical (unpaired) electrons. The summed E-state index contributed by atoms with van der Waals surface area (Å²) in [4.78, 5) is 5.04. The minimum absolute atomic E-state index is 0.600. The number of methoxy groups -OCH3 is 2. The van der Waals surface area contributed by atoms with Gasteiger partial charge >= 0.3 is 0 Å². The summed E-state index contributed by atoms with van der Waals surface area (Å²) in [6, 6.07) is 8.68. The number of nitrogens with zero attached hydrogens (tertiary/aromatic N) is 3. The van der Waals surface area contributed by atoms with Gasteiger partial charge in [-0.1, -0.05) is 31.2 Å². The fourth-order valence-electron chi connectivity index (χ4n) is 6.74. The number of allylic oxidation sites excluding steroid dienone is 2. The normalized spacial score (nSPS) is 25.0. The van der Waals surface area contributed by atoms with E-state index in [9.17, 15) is 0 Å². The van der Waals surface area contributed by atoms with E-state index < -0.39 is 5.72 Å². The van der Waals surface area contributed by atoms with Crippen LogP contribution in [0.15, 0.2) is 53.6 Å². The van der Waals surface area contributed by atoms with E-state index in [2.05, 4.69) is 63.6 Å². The minimum Gasteiger partial charge on any atom is -0.494 e. The second-order valence-corrected chi connectivity index (χ2v) is 12.4. The van der Waals surface area contributed by atoms with E-state index in [-0.39, 0.29) is 0 Å². The van der Waals surface area contributed by atoms with Gasteiger partial charge in [0.1, 0.15) is 11.5 Å². The molecule has 3 fully saturated rings. The standard InChI is InChI=1S/C34H50N4O5/c1-4-34(40-3)33(37(23-26-5-6-26)24-27-13-18-41-19-14-27)30-11-12-31(39-2)32(38(30)35-34)29-9-7-28(8-10-29)25-43-22-17-36-15-20-42-21-16-36/h7-12,26-27,35H,4-6,13-25H2,1-3H3. The van der Waals surface area contributed by atoms with Crippen LogP contribution in [0, 0.1) is 11.8 Å². The predicted octanol–water partition coefficient (Wildman–Crippen LogP) is 4.34. The lowest BCUT2D eigenvalue weighted by Crippen LogP contribution is -2.52. The van der Waals surface area contributed by atoms with Crippen LogP contribution in [0.2, 0.25) is 0 Å². The van der Waals surface area contributed by atoms with Crippen molar-refractivity contribution < 1.29 is 23.7 Å². The summed E-state index contributed by atoms with van der Waals surface area (Å²) < 4.78 is 29.5. The Morgan fingerprint density at radius 2 is 1.63 bits per heavy atom. The molecule has 6 rings (SSSR count). The Labute approximate surface area is 257 Å². The highest BCUT2D eigenvalue weighted by atomic mass is 16.5. The van der Waals surface area contributed by atoms with Gasteiger partial charge in [-0.05, 0) is 61.7 Å². The van der Waals surface area contributed by atoms with Crippen LogP contribution >= 0.6 is 0 Å². The van der Waals surface area contributed by atoms with Crippen molar-refractivity contribution >= 4 is 5.70 Å². The molecule has 1 aliphatic carbocycles. The molecule has 9 heteroatoms. The zero-order valence-electron chi connectivity index (χ0n) is 26.3. The first-order chi connectivity index (χ1) is 21.1. The molecule has 1 aromatic rings. The lowest BCUT2D eigenvalue weighted by molar-refractivity contribution is -0.0470. The van der Waals surface area contributed by atoms with Crippen LogP contribution in [0.3, 0.4) is 0 Å². The maximum Gasteiger partial charge on any atom is 0.178 e. The number of ether oxygens (including phenoxy) is 5. The van der Waals surface area contributed by atoms with Crippen molar-refractivity contribution in [2.45, 2.75) is 51.4 Å². The second-order valence-electron chi connectivity index (χ2n) is 12.4. The molecule has 0 bridgehead atoms. The predicted molar refractivity (Wildman–Crippen MR) is 166 cm³/mol. The fourth-order valence-corrected chi connectivity index (χ4v) is 6.74. The molecule has 4 heterocycles. The maximum atomic E-state index is 6.39. The molecule has 43 heavy (non-hydrogen) atoms. The van der Waals surface area contributed by atoms with Crippen molar-refractivity contribution in [3.8, 4) is 0 Å². The Morgan fingerprint density at radius 1 is 0.930 bits per heavy atom. The van der Waals surface area contributed by atoms with Gasteiger partial charge in [-0.3, -0.25) is 9.91 Å². The average Bonchev–Trinajstić information content (AvgIpc) is 3.81. The van der Waals surface area contributed by atoms with Crippen LogP contribution in [-0.2, 0) is 30.3 Å². The first-order valence-electron chi connectivity index (χ1n) is 16.3. The quantitative estimate of drug-likeness (QED) is 0.317. The lowest BCUT2D eigenvalue weighted by Gasteiger charge is -2.39. The van der Waals surface area contributed by atoms with Crippen LogP contribution in [0.5, 0.6) is 0 Å². The van der Waals surface area contributed by atoms with Gasteiger partial charge in [-0.2, -0.15) is 5.43 Å². The van der Waals surface area contributed by atoms with Crippen LogP contribution in [-0.4, -0.2) is 101 Å². The van der Waals surface area contributed by atoms with Gasteiger partial charge in [0.2, 0.25) is 0 Å². The van der Waals surface area contributed by atoms with Crippen molar-refractivity contribution in [1.29, 1.82) is 0 Å². The SMILES string of the molecule is CCC1(OC)NN2C(=C1N(CC1CCOCC1)CC1CC1)C=CC(OC)=C2c1ccc(COCCN2CCOCC2)cc1. The van der Waals surface area contributed by atoms with Crippen molar-refractivity contribution in [2.24, 2.45) is 11.8 Å². The summed E-state index contributed by atoms with van der Waals surface area (Å²) in [6.07, 6.45) is 9.97. The van der Waals surface area contributed by atoms with Crippen LogP contribution in [0.25, 0.3) is 5.70 Å². The third-order valence-electron chi connectivity index (χ3n) is 9.54. The number of rotatable bonds is 14. The number of benzene rings is 1. The fraction of sp³-hybridized carbons (Fsp3) is 0.647. The van der Waals surface area contributed by atoms with Crippen molar-refractivity contribution in [3.05, 3.63) is 64.7 Å². The number of morpholine rings is 1. The monoisotopic (exact) mass is 594 g/mol. The van der Waals surface area contributed by atoms with Crippen LogP contribution in [0.1, 0.15) is 50.2 Å². The number of fused-ring (bicyclic) bond motifs is 1. The first-order valence-corrected chi connectivity index (χ1v) is 16.3. The summed E-state index contributed by atoms with van der Waals surface area (Å²) in [5.74, 6) is 2.21. The molecule has 1 unspecified atom stereocenters. The van der Waals surface area contributed by atoms with Crippen molar-refractivity contribution in [1.82, 2.24) is 20.2 Å². The molecule has 2 saturated heterocycles. The van der Waals surface area contributed by atoms with Gasteiger partial charge in [0.15, 0.2) is 5.72 Å². The van der Waals surface area contributed by atoms with E-state index in [4.69, 9.17) is 23.7 Å². The molecule has 5 aliphatic rings. The van der Waals surface area contributed by atoms with Gasteiger partial charge in [0.05, 0.1) is 44.9 Å². The van der Waals surface area contributed by atoms with E-state index >= 15 is 0 Å². The highest BCUT2D eigenvalue weighted by molar-refractivity contribution is 5.73. The van der Waals surface area contributed by atoms with Gasteiger partial charge < -0.3 is 28.6 Å². The van der Waals surface area contributed by atoms with Gasteiger partial charge in [-0.25, -0.2) is 0 Å². The Balaban J connectivity index is 1.23. The molecule has 236 valence electrons. The largest absolute Gasteiger partial charge is 0.494 e. The summed E-state index contributed by atoms with van der Waals surface area (Å²) in [7, 11) is 3.58. The molecule has 9 nitrogen and oxygen atoms in total. The average molecular weight is 595 g/mol. The van der Waals surface area contributed by atoms with Crippen molar-refractivity contribution in [2.75, 3.05) is 80.0 Å². The Morgan fingerprint density at radius 3 is 2.28 bits per heavy atom. The smallest absolute Gasteiger partial charge is 0.178 e. The molecule has 1 atom stereocenters. The van der Waals surface area contributed by atoms with Crippen molar-refractivity contribution in [3.63, 3.8) is 0 Å². The number of hydrogen-bond donors (Lipinski definition) is 1. The highest BCUT2D eigenvalue weighted by Gasteiger charge is 2.49. The molecular weight excluding hydrogens is 544 g/mol. The molecule has 1 aromatic carbocycles. The molecular formula is C34H50N4O5. The Hall–Kier alpha value is -2.40. The van der Waals surface area contributed by atoms with Gasteiger partial charge in [-0.15, -0.1) is 0 Å². The van der Waals surface area contributed by atoms with Crippen LogP contribution in [0.4, 0.5) is 0 Å². The highest BCUT2D eigenvalue weighted by Crippen LogP contribution is 2.45. The Kier molecular flexibility index (Phi) is 10.1. The second kappa shape index (κ2) is 14.1. The lowest BCUT2D eigenvalue weighted by atomic mass is 9.96. The van der Waals surface area contributed by atoms with E-state index in [1.165, 1.54) is 18.5 Å².